The van der Waals surface area contributed by atoms with Gasteiger partial charge in [-0.1, -0.05) is 12.1 Å². The van der Waals surface area contributed by atoms with Crippen LogP contribution < -0.4 is 14.8 Å². The minimum absolute atomic E-state index is 0.199. The number of ether oxygens (including phenoxy) is 3. The molecule has 7 heteroatoms. The zero-order chi connectivity index (χ0) is 20.1. The maximum Gasteiger partial charge on any atom is 0.342 e. The monoisotopic (exact) mass is 383 g/mol. The second-order valence-corrected chi connectivity index (χ2v) is 5.95. The summed E-state index contributed by atoms with van der Waals surface area (Å²) in [6, 6.07) is 12.1. The fourth-order valence-electron chi connectivity index (χ4n) is 2.83. The molecule has 1 aromatic heterocycles. The van der Waals surface area contributed by atoms with Crippen LogP contribution in [0.15, 0.2) is 46.9 Å². The number of para-hydroxylation sites is 2. The summed E-state index contributed by atoms with van der Waals surface area (Å²) in [6.45, 7) is 3.51. The Bertz CT molecular complexity index is 1010. The molecule has 0 atom stereocenters. The summed E-state index contributed by atoms with van der Waals surface area (Å²) in [6.07, 6.45) is 0. The van der Waals surface area contributed by atoms with E-state index < -0.39 is 5.97 Å². The average Bonchev–Trinajstić information content (AvgIpc) is 3.02. The Morgan fingerprint density at radius 1 is 1.14 bits per heavy atom. The summed E-state index contributed by atoms with van der Waals surface area (Å²) in [5.41, 5.74) is 1.47. The van der Waals surface area contributed by atoms with Gasteiger partial charge in [-0.25, -0.2) is 4.79 Å². The number of carbonyl (C=O) groups excluding carboxylic acids is 2. The fraction of sp³-hybridized carbons (Fsp3) is 0.238. The maximum absolute atomic E-state index is 12.2. The number of hydrogen-bond donors (Lipinski definition) is 1. The first kappa shape index (κ1) is 19.3. The van der Waals surface area contributed by atoms with Crippen LogP contribution in [0.3, 0.4) is 0 Å². The highest BCUT2D eigenvalue weighted by Crippen LogP contribution is 2.30. The van der Waals surface area contributed by atoms with Crippen molar-refractivity contribution in [1.82, 2.24) is 0 Å². The van der Waals surface area contributed by atoms with Gasteiger partial charge in [0.15, 0.2) is 6.61 Å². The van der Waals surface area contributed by atoms with Crippen molar-refractivity contribution >= 4 is 28.5 Å². The molecule has 0 radical (unpaired) electrons. The number of nitrogens with one attached hydrogen (secondary N) is 1. The molecule has 0 fully saturated rings. The summed E-state index contributed by atoms with van der Waals surface area (Å²) < 4.78 is 21.5. The van der Waals surface area contributed by atoms with Gasteiger partial charge in [0.25, 0.3) is 5.91 Å². The first-order chi connectivity index (χ1) is 13.5. The summed E-state index contributed by atoms with van der Waals surface area (Å²) >= 11 is 0. The summed E-state index contributed by atoms with van der Waals surface area (Å²) in [5.74, 6) is 0.683. The number of hydrogen-bond acceptors (Lipinski definition) is 6. The third-order valence-electron chi connectivity index (χ3n) is 4.07. The Labute approximate surface area is 162 Å². The van der Waals surface area contributed by atoms with E-state index in [0.717, 1.165) is 0 Å². The van der Waals surface area contributed by atoms with Crippen molar-refractivity contribution in [1.29, 1.82) is 0 Å². The highest BCUT2D eigenvalue weighted by Gasteiger charge is 2.20. The van der Waals surface area contributed by atoms with Gasteiger partial charge in [0.1, 0.15) is 28.4 Å². The molecular weight excluding hydrogens is 362 g/mol. The summed E-state index contributed by atoms with van der Waals surface area (Å²) in [5, 5.41) is 3.32. The highest BCUT2D eigenvalue weighted by atomic mass is 16.5. The predicted octanol–water partition coefficient (Wildman–Crippen LogP) is 3.94. The van der Waals surface area contributed by atoms with Gasteiger partial charge in [-0.15, -0.1) is 0 Å². The van der Waals surface area contributed by atoms with Crippen molar-refractivity contribution in [3.8, 4) is 11.5 Å². The number of benzene rings is 2. The van der Waals surface area contributed by atoms with Gasteiger partial charge in [-0.2, -0.15) is 0 Å². The number of carbonyl (C=O) groups is 2. The zero-order valence-corrected chi connectivity index (χ0v) is 15.9. The van der Waals surface area contributed by atoms with E-state index in [4.69, 9.17) is 18.6 Å². The molecule has 3 rings (SSSR count). The number of amides is 1. The van der Waals surface area contributed by atoms with Crippen molar-refractivity contribution in [2.24, 2.45) is 0 Å². The van der Waals surface area contributed by atoms with Crippen molar-refractivity contribution in [3.05, 3.63) is 53.8 Å². The molecule has 7 nitrogen and oxygen atoms in total. The first-order valence-electron chi connectivity index (χ1n) is 8.79. The van der Waals surface area contributed by atoms with Crippen molar-refractivity contribution < 1.29 is 28.2 Å². The Morgan fingerprint density at radius 3 is 2.68 bits per heavy atom. The molecule has 1 heterocycles. The molecule has 2 aromatic carbocycles. The third kappa shape index (κ3) is 4.09. The van der Waals surface area contributed by atoms with E-state index in [1.165, 1.54) is 7.11 Å². The predicted molar refractivity (Wildman–Crippen MR) is 104 cm³/mol. The van der Waals surface area contributed by atoms with Crippen LogP contribution in [0.25, 0.3) is 11.0 Å². The van der Waals surface area contributed by atoms with E-state index in [9.17, 15) is 9.59 Å². The van der Waals surface area contributed by atoms with Crippen LogP contribution in [0.5, 0.6) is 11.5 Å². The van der Waals surface area contributed by atoms with E-state index in [-0.39, 0.29) is 19.1 Å². The Kier molecular flexibility index (Phi) is 5.84. The van der Waals surface area contributed by atoms with Gasteiger partial charge in [0.2, 0.25) is 0 Å². The number of rotatable bonds is 7. The minimum Gasteiger partial charge on any atom is -0.495 e. The Balaban J connectivity index is 1.73. The Morgan fingerprint density at radius 2 is 1.93 bits per heavy atom. The summed E-state index contributed by atoms with van der Waals surface area (Å²) in [4.78, 5) is 24.4. The average molecular weight is 383 g/mol. The molecule has 0 aliphatic heterocycles. The lowest BCUT2D eigenvalue weighted by Crippen LogP contribution is -2.20. The third-order valence-corrected chi connectivity index (χ3v) is 4.07. The van der Waals surface area contributed by atoms with Crippen molar-refractivity contribution in [3.63, 3.8) is 0 Å². The molecule has 0 saturated heterocycles. The topological polar surface area (TPSA) is 87.0 Å². The molecule has 0 spiro atoms. The lowest BCUT2D eigenvalue weighted by atomic mass is 10.1. The van der Waals surface area contributed by atoms with Crippen molar-refractivity contribution in [2.45, 2.75) is 13.8 Å². The number of aryl methyl sites for hydroxylation is 1. The first-order valence-corrected chi connectivity index (χ1v) is 8.79. The quantitative estimate of drug-likeness (QED) is 0.622. The molecular formula is C21H21NO6. The molecule has 0 bridgehead atoms. The zero-order valence-electron chi connectivity index (χ0n) is 15.9. The van der Waals surface area contributed by atoms with E-state index in [2.05, 4.69) is 5.32 Å². The molecule has 0 aliphatic carbocycles. The van der Waals surface area contributed by atoms with Crippen LogP contribution in [0.4, 0.5) is 5.69 Å². The van der Waals surface area contributed by atoms with Crippen LogP contribution in [-0.2, 0) is 9.53 Å². The highest BCUT2D eigenvalue weighted by molar-refractivity contribution is 6.05. The number of esters is 1. The summed E-state index contributed by atoms with van der Waals surface area (Å²) in [7, 11) is 1.53. The van der Waals surface area contributed by atoms with Crippen LogP contribution >= 0.6 is 0 Å². The molecule has 1 N–H and O–H groups in total. The van der Waals surface area contributed by atoms with E-state index >= 15 is 0 Å². The number of furan rings is 1. The van der Waals surface area contributed by atoms with Gasteiger partial charge in [0, 0.05) is 5.39 Å². The molecule has 28 heavy (non-hydrogen) atoms. The van der Waals surface area contributed by atoms with Gasteiger partial charge in [0.05, 0.1) is 19.4 Å². The normalized spacial score (nSPS) is 10.5. The standard InChI is InChI=1S/C21H21NO6/c1-4-26-21(24)20-13(2)28-17-10-9-14(11-15(17)20)27-12-19(23)22-16-7-5-6-8-18(16)25-3/h5-11H,4,12H2,1-3H3,(H,22,23). The van der Waals surface area contributed by atoms with Crippen molar-refractivity contribution in [2.75, 3.05) is 25.6 Å². The van der Waals surface area contributed by atoms with Crippen LogP contribution in [0.1, 0.15) is 23.0 Å². The molecule has 0 saturated carbocycles. The van der Waals surface area contributed by atoms with Crippen LogP contribution in [0.2, 0.25) is 0 Å². The lowest BCUT2D eigenvalue weighted by Gasteiger charge is -2.10. The molecule has 1 amide bonds. The molecule has 0 aliphatic rings. The molecule has 3 aromatic rings. The molecule has 0 unspecified atom stereocenters. The number of fused-ring (bicyclic) bond motifs is 1. The largest absolute Gasteiger partial charge is 0.495 e. The van der Waals surface area contributed by atoms with E-state index in [1.54, 1.807) is 50.2 Å². The number of methoxy groups -OCH3 is 1. The maximum atomic E-state index is 12.2. The second kappa shape index (κ2) is 8.47. The lowest BCUT2D eigenvalue weighted by molar-refractivity contribution is -0.118. The van der Waals surface area contributed by atoms with Gasteiger partial charge < -0.3 is 23.9 Å². The van der Waals surface area contributed by atoms with Gasteiger partial charge in [-0.3, -0.25) is 4.79 Å². The van der Waals surface area contributed by atoms with Crippen LogP contribution in [-0.4, -0.2) is 32.2 Å². The van der Waals surface area contributed by atoms with E-state index in [0.29, 0.717) is 39.5 Å². The minimum atomic E-state index is -0.454. The van der Waals surface area contributed by atoms with Gasteiger partial charge in [-0.05, 0) is 44.2 Å². The molecule has 146 valence electrons. The Hall–Kier alpha value is -3.48. The smallest absolute Gasteiger partial charge is 0.342 e. The van der Waals surface area contributed by atoms with Crippen LogP contribution in [0, 0.1) is 6.92 Å². The van der Waals surface area contributed by atoms with E-state index in [1.807, 2.05) is 6.07 Å². The fourth-order valence-corrected chi connectivity index (χ4v) is 2.83. The second-order valence-electron chi connectivity index (χ2n) is 5.95. The number of anilines is 1. The van der Waals surface area contributed by atoms with Gasteiger partial charge >= 0.3 is 5.97 Å². The SMILES string of the molecule is CCOC(=O)c1c(C)oc2ccc(OCC(=O)Nc3ccccc3OC)cc12.